The van der Waals surface area contributed by atoms with Crippen molar-refractivity contribution in [3.05, 3.63) is 77.2 Å². The Morgan fingerprint density at radius 2 is 1.58 bits per heavy atom. The third-order valence-electron chi connectivity index (χ3n) is 5.06. The number of aryl methyl sites for hydroxylation is 1. The molecule has 0 aliphatic rings. The second-order valence-electron chi connectivity index (χ2n) is 7.28. The maximum atomic E-state index is 12.7. The lowest BCUT2D eigenvalue weighted by Crippen LogP contribution is -2.29. The van der Waals surface area contributed by atoms with Crippen LogP contribution in [0.15, 0.2) is 71.5 Å². The highest BCUT2D eigenvalue weighted by Gasteiger charge is 2.16. The second-order valence-corrected chi connectivity index (χ2v) is 7.28. The highest BCUT2D eigenvalue weighted by Crippen LogP contribution is 2.18. The van der Waals surface area contributed by atoms with Crippen LogP contribution in [0.1, 0.15) is 13.3 Å². The molecule has 0 aliphatic heterocycles. The van der Waals surface area contributed by atoms with E-state index in [0.29, 0.717) is 17.7 Å². The van der Waals surface area contributed by atoms with Gasteiger partial charge in [0.25, 0.3) is 5.91 Å². The molecule has 158 valence electrons. The van der Waals surface area contributed by atoms with Gasteiger partial charge in [-0.2, -0.15) is 0 Å². The molecule has 1 aromatic heterocycles. The minimum atomic E-state index is -0.643. The molecule has 0 fully saturated rings. The Morgan fingerprint density at radius 1 is 0.903 bits per heavy atom. The van der Waals surface area contributed by atoms with Crippen molar-refractivity contribution in [3.63, 3.8) is 0 Å². The molecule has 4 aromatic rings. The molecule has 0 spiro atoms. The van der Waals surface area contributed by atoms with Gasteiger partial charge >= 0.3 is 11.7 Å². The number of carbonyl (C=O) groups is 2. The fourth-order valence-electron chi connectivity index (χ4n) is 3.65. The molecule has 0 radical (unpaired) electrons. The molecule has 0 atom stereocenters. The predicted octanol–water partition coefficient (Wildman–Crippen LogP) is 3.55. The lowest BCUT2D eigenvalue weighted by Gasteiger charge is -2.08. The number of nitrogens with one attached hydrogen (secondary N) is 1. The Bertz CT molecular complexity index is 1320. The van der Waals surface area contributed by atoms with Crippen molar-refractivity contribution in [2.45, 2.75) is 26.4 Å². The van der Waals surface area contributed by atoms with Crippen molar-refractivity contribution in [1.82, 2.24) is 9.13 Å². The molecule has 0 unspecified atom stereocenters. The topological polar surface area (TPSA) is 82.3 Å². The van der Waals surface area contributed by atoms with E-state index in [1.807, 2.05) is 61.5 Å². The fraction of sp³-hybridized carbons (Fsp3) is 0.208. The number of imidazole rings is 1. The van der Waals surface area contributed by atoms with Gasteiger partial charge in [-0.15, -0.1) is 0 Å². The Labute approximate surface area is 178 Å². The molecule has 1 heterocycles. The first-order valence-corrected chi connectivity index (χ1v) is 10.2. The molecule has 3 aromatic carbocycles. The Hall–Kier alpha value is -3.87. The number of para-hydroxylation sites is 2. The van der Waals surface area contributed by atoms with E-state index in [4.69, 9.17) is 4.74 Å². The van der Waals surface area contributed by atoms with E-state index in [2.05, 4.69) is 5.32 Å². The van der Waals surface area contributed by atoms with Crippen LogP contribution >= 0.6 is 0 Å². The number of carbonyl (C=O) groups excluding carboxylic acids is 2. The van der Waals surface area contributed by atoms with E-state index >= 15 is 0 Å². The van der Waals surface area contributed by atoms with Gasteiger partial charge in [-0.05, 0) is 41.5 Å². The van der Waals surface area contributed by atoms with E-state index in [1.165, 1.54) is 4.57 Å². The van der Waals surface area contributed by atoms with Crippen LogP contribution in [0.4, 0.5) is 5.69 Å². The average Bonchev–Trinajstić information content (AvgIpc) is 3.04. The fourth-order valence-corrected chi connectivity index (χ4v) is 3.65. The summed E-state index contributed by atoms with van der Waals surface area (Å²) < 4.78 is 8.15. The zero-order valence-electron chi connectivity index (χ0n) is 17.2. The van der Waals surface area contributed by atoms with Gasteiger partial charge in [0.15, 0.2) is 6.61 Å². The van der Waals surface area contributed by atoms with Gasteiger partial charge in [-0.25, -0.2) is 4.79 Å². The standard InChI is InChI=1S/C24H23N3O4/c1-2-13-26-20-9-5-6-10-21(20)27(24(26)30)15-23(29)31-16-22(28)25-19-12-11-17-7-3-4-8-18(17)14-19/h3-12,14H,2,13,15-16H2,1H3,(H,25,28). The van der Waals surface area contributed by atoms with Gasteiger partial charge in [0.2, 0.25) is 0 Å². The number of hydrogen-bond acceptors (Lipinski definition) is 4. The summed E-state index contributed by atoms with van der Waals surface area (Å²) in [4.78, 5) is 37.3. The Balaban J connectivity index is 1.40. The van der Waals surface area contributed by atoms with Gasteiger partial charge in [-0.3, -0.25) is 18.7 Å². The van der Waals surface area contributed by atoms with Crippen molar-refractivity contribution < 1.29 is 14.3 Å². The summed E-state index contributed by atoms with van der Waals surface area (Å²) in [7, 11) is 0. The summed E-state index contributed by atoms with van der Waals surface area (Å²) >= 11 is 0. The molecule has 0 saturated carbocycles. The normalized spacial score (nSPS) is 11.0. The molecule has 0 bridgehead atoms. The van der Waals surface area contributed by atoms with Gasteiger partial charge < -0.3 is 10.1 Å². The quantitative estimate of drug-likeness (QED) is 0.466. The van der Waals surface area contributed by atoms with E-state index in [1.54, 1.807) is 16.7 Å². The Kier molecular flexibility index (Phi) is 5.84. The van der Waals surface area contributed by atoms with Crippen molar-refractivity contribution in [1.29, 1.82) is 0 Å². The third kappa shape index (κ3) is 4.35. The largest absolute Gasteiger partial charge is 0.454 e. The number of ether oxygens (including phenoxy) is 1. The van der Waals surface area contributed by atoms with Crippen LogP contribution in [-0.2, 0) is 27.4 Å². The maximum absolute atomic E-state index is 12.7. The van der Waals surface area contributed by atoms with Gasteiger partial charge in [0.1, 0.15) is 6.54 Å². The van der Waals surface area contributed by atoms with Crippen molar-refractivity contribution in [3.8, 4) is 0 Å². The number of fused-ring (bicyclic) bond motifs is 2. The Morgan fingerprint density at radius 3 is 2.32 bits per heavy atom. The van der Waals surface area contributed by atoms with E-state index < -0.39 is 18.5 Å². The summed E-state index contributed by atoms with van der Waals surface area (Å²) in [6.45, 7) is 1.88. The molecule has 1 N–H and O–H groups in total. The highest BCUT2D eigenvalue weighted by molar-refractivity contribution is 5.95. The van der Waals surface area contributed by atoms with Gasteiger partial charge in [-0.1, -0.05) is 49.4 Å². The highest BCUT2D eigenvalue weighted by atomic mass is 16.5. The minimum absolute atomic E-state index is 0.251. The van der Waals surface area contributed by atoms with Crippen LogP contribution in [0.5, 0.6) is 0 Å². The minimum Gasteiger partial charge on any atom is -0.454 e. The summed E-state index contributed by atoms with van der Waals surface area (Å²) in [5.74, 6) is -1.08. The lowest BCUT2D eigenvalue weighted by atomic mass is 10.1. The molecule has 0 aliphatic carbocycles. The SMILES string of the molecule is CCCn1c(=O)n(CC(=O)OCC(=O)Nc2ccc3ccccc3c2)c2ccccc21. The lowest BCUT2D eigenvalue weighted by molar-refractivity contribution is -0.147. The molecule has 0 saturated heterocycles. The zero-order chi connectivity index (χ0) is 21.8. The van der Waals surface area contributed by atoms with Gasteiger partial charge in [0, 0.05) is 12.2 Å². The number of amides is 1. The molecular weight excluding hydrogens is 394 g/mol. The molecule has 4 rings (SSSR count). The van der Waals surface area contributed by atoms with Crippen molar-refractivity contribution in [2.24, 2.45) is 0 Å². The van der Waals surface area contributed by atoms with Crippen LogP contribution in [0.25, 0.3) is 21.8 Å². The van der Waals surface area contributed by atoms with E-state index in [9.17, 15) is 14.4 Å². The van der Waals surface area contributed by atoms with Crippen molar-refractivity contribution >= 4 is 39.4 Å². The van der Waals surface area contributed by atoms with Crippen LogP contribution < -0.4 is 11.0 Å². The van der Waals surface area contributed by atoms with Crippen LogP contribution in [0.2, 0.25) is 0 Å². The first-order valence-electron chi connectivity index (χ1n) is 10.2. The number of esters is 1. The molecule has 1 amide bonds. The van der Waals surface area contributed by atoms with Crippen LogP contribution in [0.3, 0.4) is 0 Å². The third-order valence-corrected chi connectivity index (χ3v) is 5.06. The van der Waals surface area contributed by atoms with E-state index in [-0.39, 0.29) is 12.2 Å². The van der Waals surface area contributed by atoms with Crippen LogP contribution in [0, 0.1) is 0 Å². The number of hydrogen-bond donors (Lipinski definition) is 1. The average molecular weight is 417 g/mol. The second kappa shape index (κ2) is 8.87. The summed E-state index contributed by atoms with van der Waals surface area (Å²) in [5.41, 5.74) is 1.80. The number of benzene rings is 3. The summed E-state index contributed by atoms with van der Waals surface area (Å²) in [5, 5.41) is 4.80. The molecule has 31 heavy (non-hydrogen) atoms. The predicted molar refractivity (Wildman–Crippen MR) is 120 cm³/mol. The molecular formula is C24H23N3O4. The maximum Gasteiger partial charge on any atom is 0.329 e. The van der Waals surface area contributed by atoms with Crippen molar-refractivity contribution in [2.75, 3.05) is 11.9 Å². The number of nitrogens with zero attached hydrogens (tertiary/aromatic N) is 2. The molecule has 7 heteroatoms. The number of anilines is 1. The first-order chi connectivity index (χ1) is 15.1. The summed E-state index contributed by atoms with van der Waals surface area (Å²) in [6, 6.07) is 20.7. The van der Waals surface area contributed by atoms with Gasteiger partial charge in [0.05, 0.1) is 11.0 Å². The summed E-state index contributed by atoms with van der Waals surface area (Å²) in [6.07, 6.45) is 0.799. The number of aromatic nitrogens is 2. The first kappa shape index (κ1) is 20.4. The van der Waals surface area contributed by atoms with E-state index in [0.717, 1.165) is 22.7 Å². The smallest absolute Gasteiger partial charge is 0.329 e. The number of rotatable bonds is 7. The van der Waals surface area contributed by atoms with Crippen LogP contribution in [-0.4, -0.2) is 27.6 Å². The monoisotopic (exact) mass is 417 g/mol. The molecule has 7 nitrogen and oxygen atoms in total. The zero-order valence-corrected chi connectivity index (χ0v) is 17.2.